The highest BCUT2D eigenvalue weighted by molar-refractivity contribution is 9.10. The minimum Gasteiger partial charge on any atom is -0.393 e. The zero-order valence-corrected chi connectivity index (χ0v) is 13.3. The molecule has 2 N–H and O–H groups in total. The van der Waals surface area contributed by atoms with Gasteiger partial charge in [-0.2, -0.15) is 0 Å². The number of aliphatic hydroxyl groups excluding tert-OH is 1. The van der Waals surface area contributed by atoms with E-state index >= 15 is 0 Å². The van der Waals surface area contributed by atoms with Crippen LogP contribution >= 0.6 is 15.9 Å². The van der Waals surface area contributed by atoms with Gasteiger partial charge in [-0.1, -0.05) is 19.1 Å². The third-order valence-corrected chi connectivity index (χ3v) is 4.51. The fourth-order valence-electron chi connectivity index (χ4n) is 2.60. The number of nitrogens with one attached hydrogen (secondary N) is 1. The van der Waals surface area contributed by atoms with Gasteiger partial charge in [0.25, 0.3) is 0 Å². The molecule has 0 radical (unpaired) electrons. The van der Waals surface area contributed by atoms with Crippen molar-refractivity contribution in [3.8, 4) is 0 Å². The lowest BCUT2D eigenvalue weighted by Gasteiger charge is -2.35. The van der Waals surface area contributed by atoms with Crippen molar-refractivity contribution in [2.75, 3.05) is 25.0 Å². The van der Waals surface area contributed by atoms with Crippen LogP contribution < -0.4 is 5.32 Å². The van der Waals surface area contributed by atoms with Crippen molar-refractivity contribution < 1.29 is 9.90 Å². The SMILES string of the molecule is CCC1CN(CC(=O)Nc2ccccc2Br)CCC1O. The molecular weight excluding hydrogens is 320 g/mol. The van der Waals surface area contributed by atoms with Crippen LogP contribution in [0, 0.1) is 5.92 Å². The summed E-state index contributed by atoms with van der Waals surface area (Å²) in [5, 5.41) is 12.8. The molecule has 110 valence electrons. The maximum atomic E-state index is 12.1. The number of hydrogen-bond acceptors (Lipinski definition) is 3. The predicted octanol–water partition coefficient (Wildman–Crippen LogP) is 2.48. The predicted molar refractivity (Wildman–Crippen MR) is 83.6 cm³/mol. The van der Waals surface area contributed by atoms with Crippen LogP contribution in [0.1, 0.15) is 19.8 Å². The van der Waals surface area contributed by atoms with Crippen LogP contribution in [-0.4, -0.2) is 41.7 Å². The van der Waals surface area contributed by atoms with Crippen molar-refractivity contribution in [2.45, 2.75) is 25.9 Å². The number of nitrogens with zero attached hydrogens (tertiary/aromatic N) is 1. The third kappa shape index (κ3) is 4.04. The van der Waals surface area contributed by atoms with E-state index < -0.39 is 0 Å². The van der Waals surface area contributed by atoms with Gasteiger partial charge >= 0.3 is 0 Å². The Morgan fingerprint density at radius 3 is 2.95 bits per heavy atom. The van der Waals surface area contributed by atoms with Crippen LogP contribution in [0.2, 0.25) is 0 Å². The fraction of sp³-hybridized carbons (Fsp3) is 0.533. The Bertz CT molecular complexity index is 467. The molecule has 2 unspecified atom stereocenters. The topological polar surface area (TPSA) is 52.6 Å². The lowest BCUT2D eigenvalue weighted by Crippen LogP contribution is -2.45. The molecular formula is C15H21BrN2O2. The molecule has 2 rings (SSSR count). The zero-order chi connectivity index (χ0) is 14.5. The molecule has 0 spiro atoms. The van der Waals surface area contributed by atoms with Gasteiger partial charge in [0.2, 0.25) is 5.91 Å². The summed E-state index contributed by atoms with van der Waals surface area (Å²) in [4.78, 5) is 14.2. The third-order valence-electron chi connectivity index (χ3n) is 3.82. The average Bonchev–Trinajstić information content (AvgIpc) is 2.43. The van der Waals surface area contributed by atoms with Crippen molar-refractivity contribution in [3.05, 3.63) is 28.7 Å². The number of hydrogen-bond donors (Lipinski definition) is 2. The van der Waals surface area contributed by atoms with E-state index in [0.29, 0.717) is 6.54 Å². The molecule has 1 aromatic carbocycles. The number of halogens is 1. The summed E-state index contributed by atoms with van der Waals surface area (Å²) in [6.07, 6.45) is 1.48. The first-order valence-electron chi connectivity index (χ1n) is 7.05. The van der Waals surface area contributed by atoms with Gasteiger partial charge in [-0.25, -0.2) is 0 Å². The van der Waals surface area contributed by atoms with Gasteiger partial charge in [-0.05, 0) is 46.8 Å². The Labute approximate surface area is 128 Å². The van der Waals surface area contributed by atoms with Gasteiger partial charge in [0.15, 0.2) is 0 Å². The van der Waals surface area contributed by atoms with Gasteiger partial charge in [-0.15, -0.1) is 0 Å². The molecule has 5 heteroatoms. The summed E-state index contributed by atoms with van der Waals surface area (Å²) in [6, 6.07) is 7.58. The second-order valence-electron chi connectivity index (χ2n) is 5.29. The van der Waals surface area contributed by atoms with Crippen LogP contribution in [0.15, 0.2) is 28.7 Å². The highest BCUT2D eigenvalue weighted by Gasteiger charge is 2.27. The molecule has 1 amide bonds. The number of anilines is 1. The van der Waals surface area contributed by atoms with Crippen molar-refractivity contribution in [3.63, 3.8) is 0 Å². The molecule has 1 aromatic rings. The second kappa shape index (κ2) is 7.20. The number of amides is 1. The monoisotopic (exact) mass is 340 g/mol. The summed E-state index contributed by atoms with van der Waals surface area (Å²) in [6.45, 7) is 4.03. The summed E-state index contributed by atoms with van der Waals surface area (Å²) >= 11 is 3.42. The summed E-state index contributed by atoms with van der Waals surface area (Å²) in [7, 11) is 0. The van der Waals surface area contributed by atoms with Crippen molar-refractivity contribution in [1.82, 2.24) is 4.90 Å². The molecule has 1 aliphatic rings. The van der Waals surface area contributed by atoms with Crippen LogP contribution in [0.3, 0.4) is 0 Å². The summed E-state index contributed by atoms with van der Waals surface area (Å²) in [5.74, 6) is 0.267. The van der Waals surface area contributed by atoms with Gasteiger partial charge in [0.1, 0.15) is 0 Å². The molecule has 0 aromatic heterocycles. The summed E-state index contributed by atoms with van der Waals surface area (Å²) < 4.78 is 0.883. The number of piperidine rings is 1. The van der Waals surface area contributed by atoms with Crippen LogP contribution in [0.4, 0.5) is 5.69 Å². The molecule has 4 nitrogen and oxygen atoms in total. The quantitative estimate of drug-likeness (QED) is 0.885. The first kappa shape index (κ1) is 15.5. The van der Waals surface area contributed by atoms with Gasteiger partial charge in [0.05, 0.1) is 18.3 Å². The second-order valence-corrected chi connectivity index (χ2v) is 6.14. The standard InChI is InChI=1S/C15H21BrN2O2/c1-2-11-9-18(8-7-14(11)19)10-15(20)17-13-6-4-3-5-12(13)16/h3-6,11,14,19H,2,7-10H2,1H3,(H,17,20). The van der Waals surface area contributed by atoms with E-state index in [-0.39, 0.29) is 17.9 Å². The van der Waals surface area contributed by atoms with E-state index in [4.69, 9.17) is 0 Å². The number of para-hydroxylation sites is 1. The van der Waals surface area contributed by atoms with E-state index in [0.717, 1.165) is 36.1 Å². The highest BCUT2D eigenvalue weighted by atomic mass is 79.9. The average molecular weight is 341 g/mol. The number of carbonyl (C=O) groups is 1. The van der Waals surface area contributed by atoms with E-state index in [2.05, 4.69) is 33.1 Å². The maximum absolute atomic E-state index is 12.1. The first-order chi connectivity index (χ1) is 9.60. The first-order valence-corrected chi connectivity index (χ1v) is 7.84. The Morgan fingerprint density at radius 1 is 1.50 bits per heavy atom. The van der Waals surface area contributed by atoms with Crippen LogP contribution in [0.25, 0.3) is 0 Å². The molecule has 2 atom stereocenters. The minimum atomic E-state index is -0.220. The molecule has 0 bridgehead atoms. The minimum absolute atomic E-state index is 0.0110. The number of carbonyl (C=O) groups excluding carboxylic acids is 1. The smallest absolute Gasteiger partial charge is 0.238 e. The molecule has 1 heterocycles. The molecule has 1 aliphatic heterocycles. The Balaban J connectivity index is 1.87. The van der Waals surface area contributed by atoms with Crippen molar-refractivity contribution in [1.29, 1.82) is 0 Å². The van der Waals surface area contributed by atoms with E-state index in [1.807, 2.05) is 24.3 Å². The molecule has 1 fully saturated rings. The van der Waals surface area contributed by atoms with Crippen LogP contribution in [0.5, 0.6) is 0 Å². The molecule has 1 saturated heterocycles. The van der Waals surface area contributed by atoms with Gasteiger partial charge < -0.3 is 10.4 Å². The fourth-order valence-corrected chi connectivity index (χ4v) is 2.98. The van der Waals surface area contributed by atoms with E-state index in [1.165, 1.54) is 0 Å². The number of benzene rings is 1. The Kier molecular flexibility index (Phi) is 5.57. The lowest BCUT2D eigenvalue weighted by molar-refractivity contribution is -0.118. The largest absolute Gasteiger partial charge is 0.393 e. The maximum Gasteiger partial charge on any atom is 0.238 e. The van der Waals surface area contributed by atoms with Gasteiger partial charge in [0, 0.05) is 17.6 Å². The van der Waals surface area contributed by atoms with Crippen molar-refractivity contribution in [2.24, 2.45) is 5.92 Å². The lowest BCUT2D eigenvalue weighted by atomic mass is 9.92. The Morgan fingerprint density at radius 2 is 2.25 bits per heavy atom. The molecule has 20 heavy (non-hydrogen) atoms. The number of likely N-dealkylation sites (tertiary alicyclic amines) is 1. The molecule has 0 saturated carbocycles. The normalized spacial score (nSPS) is 23.6. The Hall–Kier alpha value is -0.910. The highest BCUT2D eigenvalue weighted by Crippen LogP contribution is 2.22. The molecule has 0 aliphatic carbocycles. The summed E-state index contributed by atoms with van der Waals surface area (Å²) in [5.41, 5.74) is 0.793. The van der Waals surface area contributed by atoms with Crippen LogP contribution in [-0.2, 0) is 4.79 Å². The van der Waals surface area contributed by atoms with E-state index in [1.54, 1.807) is 0 Å². The van der Waals surface area contributed by atoms with Crippen molar-refractivity contribution >= 4 is 27.5 Å². The van der Waals surface area contributed by atoms with E-state index in [9.17, 15) is 9.90 Å². The number of rotatable bonds is 4. The van der Waals surface area contributed by atoms with Gasteiger partial charge in [-0.3, -0.25) is 9.69 Å². The zero-order valence-electron chi connectivity index (χ0n) is 11.7. The number of aliphatic hydroxyl groups is 1.